The van der Waals surface area contributed by atoms with E-state index in [4.69, 9.17) is 9.72 Å². The molecule has 6 heterocycles. The van der Waals surface area contributed by atoms with Crippen molar-refractivity contribution in [3.63, 3.8) is 0 Å². The van der Waals surface area contributed by atoms with Gasteiger partial charge < -0.3 is 20.1 Å². The van der Waals surface area contributed by atoms with Crippen molar-refractivity contribution >= 4 is 33.4 Å². The second-order valence-corrected chi connectivity index (χ2v) is 13.3. The summed E-state index contributed by atoms with van der Waals surface area (Å²) in [5, 5.41) is 19.2. The lowest BCUT2D eigenvalue weighted by Crippen LogP contribution is -2.43. The summed E-state index contributed by atoms with van der Waals surface area (Å²) in [6, 6.07) is 7.73. The second-order valence-electron chi connectivity index (χ2n) is 13.3. The van der Waals surface area contributed by atoms with Crippen LogP contribution in [0.25, 0.3) is 32.9 Å². The summed E-state index contributed by atoms with van der Waals surface area (Å²) >= 11 is 0. The molecule has 49 heavy (non-hydrogen) atoms. The highest BCUT2D eigenvalue weighted by Gasteiger charge is 2.45. The van der Waals surface area contributed by atoms with Crippen molar-refractivity contribution in [2.75, 3.05) is 38.2 Å². The monoisotopic (exact) mass is 668 g/mol. The molecule has 0 bridgehead atoms. The van der Waals surface area contributed by atoms with Crippen LogP contribution in [-0.2, 0) is 19.5 Å². The van der Waals surface area contributed by atoms with Crippen molar-refractivity contribution in [2.24, 2.45) is 0 Å². The van der Waals surface area contributed by atoms with Gasteiger partial charge in [0.05, 0.1) is 23.2 Å². The number of benzene rings is 2. The molecule has 2 N–H and O–H groups in total. The number of phenols is 1. The van der Waals surface area contributed by atoms with Gasteiger partial charge in [0.2, 0.25) is 0 Å². The minimum Gasteiger partial charge on any atom is -0.508 e. The molecule has 2 fully saturated rings. The Labute approximate surface area is 281 Å². The Bertz CT molecular complexity index is 2110. The molecular formula is C36H38F2N8O3. The van der Waals surface area contributed by atoms with Crippen molar-refractivity contribution in [2.45, 2.75) is 64.1 Å². The number of carbonyl (C=O) groups excluding carboxylic acids is 1. The Kier molecular flexibility index (Phi) is 7.81. The van der Waals surface area contributed by atoms with E-state index in [9.17, 15) is 9.90 Å². The zero-order valence-electron chi connectivity index (χ0n) is 27.6. The second kappa shape index (κ2) is 12.2. The lowest BCUT2D eigenvalue weighted by molar-refractivity contribution is 0.0957. The number of halogens is 2. The number of phenolic OH excluding ortho intramolecular Hbond substituents is 1. The number of aromatic hydroxyl groups is 1. The highest BCUT2D eigenvalue weighted by atomic mass is 19.1. The van der Waals surface area contributed by atoms with Crippen LogP contribution < -0.4 is 15.0 Å². The molecule has 0 spiro atoms. The first-order chi connectivity index (χ1) is 23.8. The predicted molar refractivity (Wildman–Crippen MR) is 181 cm³/mol. The van der Waals surface area contributed by atoms with E-state index in [1.807, 2.05) is 16.5 Å². The lowest BCUT2D eigenvalue weighted by atomic mass is 9.94. The van der Waals surface area contributed by atoms with E-state index in [0.29, 0.717) is 72.3 Å². The van der Waals surface area contributed by atoms with Gasteiger partial charge in [-0.15, -0.1) is 0 Å². The molecule has 3 aliphatic rings. The topological polar surface area (TPSA) is 122 Å². The summed E-state index contributed by atoms with van der Waals surface area (Å²) < 4.78 is 40.3. The fraction of sp³-hybridized carbons (Fsp3) is 0.417. The SMILES string of the molecule is CCc1c(F)ccc2cc(O)cc(-c3ncc4c(N5CCCn6nc(C(=O)NC)cc6C5)nc(OCC56CCCN5CCC6)nc4c3F)c12. The third-order valence-corrected chi connectivity index (χ3v) is 10.5. The number of hydrogen-bond donors (Lipinski definition) is 2. The first kappa shape index (κ1) is 31.4. The van der Waals surface area contributed by atoms with E-state index in [1.54, 1.807) is 25.4 Å². The zero-order chi connectivity index (χ0) is 33.9. The van der Waals surface area contributed by atoms with Crippen LogP contribution in [0.2, 0.25) is 0 Å². The number of nitrogens with zero attached hydrogens (tertiary/aromatic N) is 7. The molecule has 1 amide bonds. The molecule has 0 aliphatic carbocycles. The number of aryl methyl sites for hydroxylation is 2. The number of aromatic nitrogens is 5. The molecule has 0 atom stereocenters. The van der Waals surface area contributed by atoms with Gasteiger partial charge in [0.1, 0.15) is 40.9 Å². The number of carbonyl (C=O) groups is 1. The average molecular weight is 669 g/mol. The summed E-state index contributed by atoms with van der Waals surface area (Å²) in [6.45, 7) is 5.86. The van der Waals surface area contributed by atoms with Crippen LogP contribution in [0.5, 0.6) is 11.8 Å². The van der Waals surface area contributed by atoms with E-state index in [2.05, 4.69) is 25.3 Å². The number of fused-ring (bicyclic) bond motifs is 4. The molecule has 11 nitrogen and oxygen atoms in total. The van der Waals surface area contributed by atoms with Crippen molar-refractivity contribution in [3.8, 4) is 23.0 Å². The van der Waals surface area contributed by atoms with Gasteiger partial charge in [0, 0.05) is 31.9 Å². The van der Waals surface area contributed by atoms with Crippen LogP contribution in [0.1, 0.15) is 60.8 Å². The van der Waals surface area contributed by atoms with Crippen molar-refractivity contribution < 1.29 is 23.4 Å². The van der Waals surface area contributed by atoms with E-state index < -0.39 is 11.6 Å². The molecule has 2 saturated heterocycles. The maximum absolute atomic E-state index is 17.0. The van der Waals surface area contributed by atoms with Gasteiger partial charge in [-0.05, 0) is 92.2 Å². The molecule has 13 heteroatoms. The molecule has 5 aromatic rings. The van der Waals surface area contributed by atoms with E-state index >= 15 is 8.78 Å². The van der Waals surface area contributed by atoms with E-state index in [1.165, 1.54) is 18.2 Å². The summed E-state index contributed by atoms with van der Waals surface area (Å²) in [4.78, 5) is 31.0. The smallest absolute Gasteiger partial charge is 0.319 e. The average Bonchev–Trinajstić information content (AvgIpc) is 3.77. The van der Waals surface area contributed by atoms with Gasteiger partial charge in [0.25, 0.3) is 5.91 Å². The third-order valence-electron chi connectivity index (χ3n) is 10.5. The maximum atomic E-state index is 17.0. The summed E-state index contributed by atoms with van der Waals surface area (Å²) in [5.41, 5.74) is 1.73. The molecule has 8 rings (SSSR count). The van der Waals surface area contributed by atoms with Crippen LogP contribution in [0.15, 0.2) is 36.5 Å². The number of rotatable bonds is 7. The Morgan fingerprint density at radius 2 is 1.88 bits per heavy atom. The number of ether oxygens (including phenoxy) is 1. The van der Waals surface area contributed by atoms with Crippen molar-refractivity contribution in [1.29, 1.82) is 0 Å². The number of hydrogen-bond acceptors (Lipinski definition) is 9. The van der Waals surface area contributed by atoms with E-state index in [-0.39, 0.29) is 40.0 Å². The molecule has 2 aromatic carbocycles. The number of amides is 1. The van der Waals surface area contributed by atoms with Gasteiger partial charge in [-0.1, -0.05) is 13.0 Å². The highest BCUT2D eigenvalue weighted by molar-refractivity contribution is 6.01. The maximum Gasteiger partial charge on any atom is 0.319 e. The summed E-state index contributed by atoms with van der Waals surface area (Å²) in [7, 11) is 1.57. The van der Waals surface area contributed by atoms with Crippen LogP contribution in [0.3, 0.4) is 0 Å². The van der Waals surface area contributed by atoms with Gasteiger partial charge in [-0.25, -0.2) is 8.78 Å². The first-order valence-electron chi connectivity index (χ1n) is 17.0. The standard InChI is InChI=1S/C36H38F2N8O3/c1-3-24-27(37)8-7-21-15-23(47)17-25(29(21)24)31-30(38)32-26(18-40-31)33(42-35(41-32)49-20-36-9-4-12-45(36)13-5-10-36)44-11-6-14-46-22(19-44)16-28(43-46)34(48)39-2/h7-8,15-18,47H,3-6,9-14,19-20H2,1-2H3,(H,39,48). The van der Waals surface area contributed by atoms with Crippen LogP contribution >= 0.6 is 0 Å². The first-order valence-corrected chi connectivity index (χ1v) is 17.0. The van der Waals surface area contributed by atoms with Crippen LogP contribution in [0, 0.1) is 11.6 Å². The fourth-order valence-corrected chi connectivity index (χ4v) is 8.09. The van der Waals surface area contributed by atoms with Crippen molar-refractivity contribution in [3.05, 3.63) is 65.1 Å². The van der Waals surface area contributed by atoms with Gasteiger partial charge >= 0.3 is 6.01 Å². The number of pyridine rings is 1. The Balaban J connectivity index is 1.27. The largest absolute Gasteiger partial charge is 0.508 e. The summed E-state index contributed by atoms with van der Waals surface area (Å²) in [6.07, 6.45) is 6.88. The number of anilines is 1. The molecular weight excluding hydrogens is 630 g/mol. The Hall–Kier alpha value is -4.91. The minimum absolute atomic E-state index is 0.0203. The normalized spacial score (nSPS) is 17.3. The molecule has 3 aliphatic heterocycles. The van der Waals surface area contributed by atoms with Crippen molar-refractivity contribution in [1.82, 2.24) is 34.9 Å². The molecule has 254 valence electrons. The molecule has 0 radical (unpaired) electrons. The molecule has 0 saturated carbocycles. The van der Waals surface area contributed by atoms with E-state index in [0.717, 1.165) is 44.5 Å². The van der Waals surface area contributed by atoms with Gasteiger partial charge in [-0.2, -0.15) is 15.1 Å². The minimum atomic E-state index is -0.715. The summed E-state index contributed by atoms with van der Waals surface area (Å²) in [5.74, 6) is -1.02. The Morgan fingerprint density at radius 1 is 1.06 bits per heavy atom. The van der Waals surface area contributed by atoms with Gasteiger partial charge in [-0.3, -0.25) is 19.4 Å². The highest BCUT2D eigenvalue weighted by Crippen LogP contribution is 2.41. The predicted octanol–water partition coefficient (Wildman–Crippen LogP) is 5.36. The Morgan fingerprint density at radius 3 is 2.65 bits per heavy atom. The number of nitrogens with one attached hydrogen (secondary N) is 1. The van der Waals surface area contributed by atoms with Crippen LogP contribution in [-0.4, -0.2) is 79.5 Å². The molecule has 0 unspecified atom stereocenters. The fourth-order valence-electron chi connectivity index (χ4n) is 8.09. The lowest BCUT2D eigenvalue weighted by Gasteiger charge is -2.31. The molecule has 3 aromatic heterocycles. The van der Waals surface area contributed by atoms with Crippen LogP contribution in [0.4, 0.5) is 14.6 Å². The quantitative estimate of drug-likeness (QED) is 0.236. The van der Waals surface area contributed by atoms with Gasteiger partial charge in [0.15, 0.2) is 5.82 Å². The zero-order valence-corrected chi connectivity index (χ0v) is 27.6. The third kappa shape index (κ3) is 5.31.